The maximum Gasteiger partial charge on any atom is 0.222 e. The Hall–Kier alpha value is -2.56. The zero-order valence-electron chi connectivity index (χ0n) is 10.7. The predicted octanol–water partition coefficient (Wildman–Crippen LogP) is 2.67. The SMILES string of the molecule is Oc1nc(-c2ccncc2)nc2cncc(C3CC3)c12. The molecule has 5 heteroatoms. The molecule has 0 amide bonds. The molecule has 0 saturated heterocycles. The third kappa shape index (κ3) is 1.79. The molecule has 4 rings (SSSR count). The van der Waals surface area contributed by atoms with Crippen LogP contribution in [0.3, 0.4) is 0 Å². The first-order chi connectivity index (χ1) is 9.83. The highest BCUT2D eigenvalue weighted by molar-refractivity contribution is 5.88. The van der Waals surface area contributed by atoms with Crippen molar-refractivity contribution in [1.82, 2.24) is 19.9 Å². The number of aromatic hydroxyl groups is 1. The molecule has 3 aromatic rings. The number of hydrogen-bond acceptors (Lipinski definition) is 5. The van der Waals surface area contributed by atoms with Crippen molar-refractivity contribution in [2.75, 3.05) is 0 Å². The number of nitrogens with zero attached hydrogens (tertiary/aromatic N) is 4. The molecular weight excluding hydrogens is 252 g/mol. The second-order valence-electron chi connectivity index (χ2n) is 5.00. The van der Waals surface area contributed by atoms with Crippen LogP contribution in [0.4, 0.5) is 0 Å². The summed E-state index contributed by atoms with van der Waals surface area (Å²) in [6.07, 6.45) is 9.14. The monoisotopic (exact) mass is 264 g/mol. The summed E-state index contributed by atoms with van der Waals surface area (Å²) in [5, 5.41) is 11.0. The van der Waals surface area contributed by atoms with E-state index in [4.69, 9.17) is 0 Å². The van der Waals surface area contributed by atoms with Gasteiger partial charge in [0.15, 0.2) is 5.82 Å². The number of hydrogen-bond donors (Lipinski definition) is 1. The Kier molecular flexibility index (Phi) is 2.39. The summed E-state index contributed by atoms with van der Waals surface area (Å²) in [6, 6.07) is 3.64. The fraction of sp³-hybridized carbons (Fsp3) is 0.200. The van der Waals surface area contributed by atoms with Gasteiger partial charge in [-0.1, -0.05) is 0 Å². The molecule has 1 aliphatic carbocycles. The lowest BCUT2D eigenvalue weighted by Gasteiger charge is -2.07. The predicted molar refractivity (Wildman–Crippen MR) is 74.2 cm³/mol. The van der Waals surface area contributed by atoms with Gasteiger partial charge < -0.3 is 5.11 Å². The molecule has 0 unspecified atom stereocenters. The van der Waals surface area contributed by atoms with Gasteiger partial charge >= 0.3 is 0 Å². The second-order valence-corrected chi connectivity index (χ2v) is 5.00. The summed E-state index contributed by atoms with van der Waals surface area (Å²) in [4.78, 5) is 17.0. The normalized spacial score (nSPS) is 14.6. The molecule has 3 heterocycles. The summed E-state index contributed by atoms with van der Waals surface area (Å²) in [5.41, 5.74) is 2.57. The summed E-state index contributed by atoms with van der Waals surface area (Å²) in [5.74, 6) is 1.02. The van der Waals surface area contributed by atoms with E-state index in [9.17, 15) is 5.11 Å². The zero-order valence-corrected chi connectivity index (χ0v) is 10.7. The molecule has 1 saturated carbocycles. The lowest BCUT2D eigenvalue weighted by molar-refractivity contribution is 0.459. The van der Waals surface area contributed by atoms with Gasteiger partial charge in [-0.05, 0) is 36.5 Å². The third-order valence-electron chi connectivity index (χ3n) is 3.57. The largest absolute Gasteiger partial charge is 0.493 e. The fourth-order valence-electron chi connectivity index (χ4n) is 2.42. The number of fused-ring (bicyclic) bond motifs is 1. The molecule has 20 heavy (non-hydrogen) atoms. The number of rotatable bonds is 2. The molecule has 1 fully saturated rings. The van der Waals surface area contributed by atoms with Crippen LogP contribution in [0, 0.1) is 0 Å². The Morgan fingerprint density at radius 1 is 1.00 bits per heavy atom. The Bertz CT molecular complexity index is 784. The van der Waals surface area contributed by atoms with Gasteiger partial charge in [0.05, 0.1) is 17.1 Å². The third-order valence-corrected chi connectivity index (χ3v) is 3.57. The van der Waals surface area contributed by atoms with E-state index in [0.29, 0.717) is 17.3 Å². The first-order valence-corrected chi connectivity index (χ1v) is 6.58. The molecule has 5 nitrogen and oxygen atoms in total. The molecule has 0 spiro atoms. The average Bonchev–Trinajstić information content (AvgIpc) is 3.32. The van der Waals surface area contributed by atoms with Gasteiger partial charge in [0.2, 0.25) is 5.88 Å². The van der Waals surface area contributed by atoms with E-state index in [0.717, 1.165) is 29.4 Å². The molecule has 1 aliphatic rings. The maximum absolute atomic E-state index is 10.3. The molecule has 98 valence electrons. The van der Waals surface area contributed by atoms with Gasteiger partial charge in [0, 0.05) is 24.2 Å². The van der Waals surface area contributed by atoms with Crippen LogP contribution in [-0.2, 0) is 0 Å². The van der Waals surface area contributed by atoms with Crippen LogP contribution in [0.25, 0.3) is 22.3 Å². The summed E-state index contributed by atoms with van der Waals surface area (Å²) >= 11 is 0. The minimum absolute atomic E-state index is 0.0334. The lowest BCUT2D eigenvalue weighted by atomic mass is 10.1. The van der Waals surface area contributed by atoms with Crippen LogP contribution < -0.4 is 0 Å². The van der Waals surface area contributed by atoms with E-state index in [2.05, 4.69) is 19.9 Å². The van der Waals surface area contributed by atoms with Crippen molar-refractivity contribution in [1.29, 1.82) is 0 Å². The Balaban J connectivity index is 1.95. The van der Waals surface area contributed by atoms with Gasteiger partial charge in [0.1, 0.15) is 0 Å². The number of pyridine rings is 2. The van der Waals surface area contributed by atoms with Crippen LogP contribution in [0.2, 0.25) is 0 Å². The van der Waals surface area contributed by atoms with Crippen LogP contribution in [-0.4, -0.2) is 25.0 Å². The van der Waals surface area contributed by atoms with E-state index in [1.54, 1.807) is 18.6 Å². The highest BCUT2D eigenvalue weighted by Crippen LogP contribution is 2.44. The topological polar surface area (TPSA) is 71.8 Å². The average molecular weight is 264 g/mol. The van der Waals surface area contributed by atoms with Crippen LogP contribution in [0.5, 0.6) is 5.88 Å². The molecule has 3 aromatic heterocycles. The Labute approximate surface area is 115 Å². The van der Waals surface area contributed by atoms with Gasteiger partial charge in [0.25, 0.3) is 0 Å². The minimum Gasteiger partial charge on any atom is -0.493 e. The van der Waals surface area contributed by atoms with Crippen molar-refractivity contribution in [3.8, 4) is 17.3 Å². The highest BCUT2D eigenvalue weighted by Gasteiger charge is 2.27. The van der Waals surface area contributed by atoms with Gasteiger partial charge in [-0.15, -0.1) is 0 Å². The quantitative estimate of drug-likeness (QED) is 0.770. The standard InChI is InChI=1S/C15H12N4O/c20-15-13-11(9-1-2-9)7-17-8-12(13)18-14(19-15)10-3-5-16-6-4-10/h3-9H,1-2H2,(H,18,19,20). The number of aromatic nitrogens is 4. The van der Waals surface area contributed by atoms with E-state index < -0.39 is 0 Å². The van der Waals surface area contributed by atoms with Crippen LogP contribution in [0.15, 0.2) is 36.9 Å². The maximum atomic E-state index is 10.3. The fourth-order valence-corrected chi connectivity index (χ4v) is 2.42. The smallest absolute Gasteiger partial charge is 0.222 e. The zero-order chi connectivity index (χ0) is 13.5. The van der Waals surface area contributed by atoms with E-state index >= 15 is 0 Å². The molecular formula is C15H12N4O. The molecule has 0 aliphatic heterocycles. The van der Waals surface area contributed by atoms with E-state index in [1.165, 1.54) is 0 Å². The summed E-state index contributed by atoms with van der Waals surface area (Å²) < 4.78 is 0. The van der Waals surface area contributed by atoms with Crippen molar-refractivity contribution in [3.63, 3.8) is 0 Å². The lowest BCUT2D eigenvalue weighted by Crippen LogP contribution is -1.95. The second kappa shape index (κ2) is 4.23. The minimum atomic E-state index is 0.0334. The van der Waals surface area contributed by atoms with E-state index in [-0.39, 0.29) is 5.88 Å². The summed E-state index contributed by atoms with van der Waals surface area (Å²) in [6.45, 7) is 0. The highest BCUT2D eigenvalue weighted by atomic mass is 16.3. The van der Waals surface area contributed by atoms with Gasteiger partial charge in [-0.25, -0.2) is 4.98 Å². The first-order valence-electron chi connectivity index (χ1n) is 6.58. The molecule has 0 radical (unpaired) electrons. The van der Waals surface area contributed by atoms with Crippen molar-refractivity contribution >= 4 is 10.9 Å². The van der Waals surface area contributed by atoms with Crippen molar-refractivity contribution in [3.05, 3.63) is 42.5 Å². The van der Waals surface area contributed by atoms with Crippen molar-refractivity contribution in [2.45, 2.75) is 18.8 Å². The van der Waals surface area contributed by atoms with Crippen molar-refractivity contribution in [2.24, 2.45) is 0 Å². The first kappa shape index (κ1) is 11.3. The molecule has 1 N–H and O–H groups in total. The summed E-state index contributed by atoms with van der Waals surface area (Å²) in [7, 11) is 0. The Morgan fingerprint density at radius 2 is 1.80 bits per heavy atom. The van der Waals surface area contributed by atoms with Gasteiger partial charge in [-0.3, -0.25) is 9.97 Å². The van der Waals surface area contributed by atoms with Crippen LogP contribution in [0.1, 0.15) is 24.3 Å². The van der Waals surface area contributed by atoms with Crippen LogP contribution >= 0.6 is 0 Å². The molecule has 0 aromatic carbocycles. The molecule has 0 bridgehead atoms. The van der Waals surface area contributed by atoms with Gasteiger partial charge in [-0.2, -0.15) is 4.98 Å². The van der Waals surface area contributed by atoms with Crippen molar-refractivity contribution < 1.29 is 5.11 Å². The molecule has 0 atom stereocenters. The Morgan fingerprint density at radius 3 is 2.55 bits per heavy atom. The van der Waals surface area contributed by atoms with E-state index in [1.807, 2.05) is 18.3 Å².